The van der Waals surface area contributed by atoms with Crippen molar-refractivity contribution in [3.63, 3.8) is 0 Å². The number of aromatic carboxylic acids is 1. The largest absolute Gasteiger partial charge is 0.478 e. The summed E-state index contributed by atoms with van der Waals surface area (Å²) in [6, 6.07) is 7.16. The molecule has 2 N–H and O–H groups in total. The van der Waals surface area contributed by atoms with Crippen molar-refractivity contribution in [2.45, 2.75) is 6.92 Å². The fraction of sp³-hybridized carbons (Fsp3) is 0.0833. The summed E-state index contributed by atoms with van der Waals surface area (Å²) in [5.41, 5.74) is 1.15. The lowest BCUT2D eigenvalue weighted by Crippen LogP contribution is -2.06. The van der Waals surface area contributed by atoms with Crippen LogP contribution in [0.2, 0.25) is 5.02 Å². The Balaban J connectivity index is 2.29. The third-order valence-corrected chi connectivity index (χ3v) is 2.66. The van der Waals surface area contributed by atoms with Crippen LogP contribution >= 0.6 is 11.6 Å². The summed E-state index contributed by atoms with van der Waals surface area (Å²) < 4.78 is 0. The molecule has 0 aliphatic rings. The summed E-state index contributed by atoms with van der Waals surface area (Å²) >= 11 is 5.98. The number of nitrogens with zero attached hydrogens (tertiary/aromatic N) is 2. The number of para-hydroxylation sites is 1. The van der Waals surface area contributed by atoms with Gasteiger partial charge in [-0.05, 0) is 19.1 Å². The van der Waals surface area contributed by atoms with Crippen LogP contribution < -0.4 is 5.32 Å². The molecule has 0 unspecified atom stereocenters. The van der Waals surface area contributed by atoms with Gasteiger partial charge < -0.3 is 10.4 Å². The van der Waals surface area contributed by atoms with Crippen molar-refractivity contribution < 1.29 is 9.90 Å². The van der Waals surface area contributed by atoms with Crippen LogP contribution in [-0.2, 0) is 0 Å². The maximum atomic E-state index is 10.8. The number of halogens is 1. The molecule has 1 heterocycles. The summed E-state index contributed by atoms with van der Waals surface area (Å²) in [5, 5.41) is 12.3. The molecule has 18 heavy (non-hydrogen) atoms. The van der Waals surface area contributed by atoms with Crippen LogP contribution in [0.5, 0.6) is 0 Å². The minimum absolute atomic E-state index is 0.0831. The molecule has 0 spiro atoms. The Hall–Kier alpha value is -2.14. The number of aromatic nitrogens is 2. The number of nitrogens with one attached hydrogen (secondary N) is 1. The number of carbonyl (C=O) groups is 1. The second-order valence-corrected chi connectivity index (χ2v) is 4.01. The van der Waals surface area contributed by atoms with E-state index >= 15 is 0 Å². The van der Waals surface area contributed by atoms with Crippen LogP contribution in [0.1, 0.15) is 16.1 Å². The standard InChI is InChI=1S/C12H10ClN3O2/c1-7-8(11(17)18)6-14-12(15-7)16-10-5-3-2-4-9(10)13/h2-6H,1H3,(H,17,18)(H,14,15,16). The summed E-state index contributed by atoms with van der Waals surface area (Å²) in [4.78, 5) is 18.8. The van der Waals surface area contributed by atoms with E-state index in [4.69, 9.17) is 16.7 Å². The van der Waals surface area contributed by atoms with Gasteiger partial charge in [0.15, 0.2) is 0 Å². The molecule has 0 aliphatic heterocycles. The highest BCUT2D eigenvalue weighted by molar-refractivity contribution is 6.33. The lowest BCUT2D eigenvalue weighted by molar-refractivity contribution is 0.0695. The Bertz CT molecular complexity index is 602. The van der Waals surface area contributed by atoms with Crippen molar-refractivity contribution in [3.05, 3.63) is 46.7 Å². The van der Waals surface area contributed by atoms with Crippen molar-refractivity contribution in [1.29, 1.82) is 0 Å². The van der Waals surface area contributed by atoms with E-state index in [0.717, 1.165) is 0 Å². The topological polar surface area (TPSA) is 75.1 Å². The summed E-state index contributed by atoms with van der Waals surface area (Å²) in [6.07, 6.45) is 1.27. The van der Waals surface area contributed by atoms with Gasteiger partial charge >= 0.3 is 5.97 Å². The van der Waals surface area contributed by atoms with E-state index in [-0.39, 0.29) is 5.56 Å². The molecule has 2 aromatic rings. The minimum Gasteiger partial charge on any atom is -0.478 e. The molecule has 0 bridgehead atoms. The molecule has 0 amide bonds. The van der Waals surface area contributed by atoms with E-state index in [1.807, 2.05) is 12.1 Å². The highest BCUT2D eigenvalue weighted by Gasteiger charge is 2.10. The molecule has 1 aromatic carbocycles. The van der Waals surface area contributed by atoms with Gasteiger partial charge in [-0.2, -0.15) is 0 Å². The second kappa shape index (κ2) is 5.01. The van der Waals surface area contributed by atoms with Gasteiger partial charge in [0.1, 0.15) is 0 Å². The average Bonchev–Trinajstić information content (AvgIpc) is 2.32. The molecule has 1 aromatic heterocycles. The third kappa shape index (κ3) is 2.57. The SMILES string of the molecule is Cc1nc(Nc2ccccc2Cl)ncc1C(=O)O. The van der Waals surface area contributed by atoms with Gasteiger partial charge in [-0.3, -0.25) is 0 Å². The molecule has 0 radical (unpaired) electrons. The van der Waals surface area contributed by atoms with Crippen LogP contribution in [0.15, 0.2) is 30.5 Å². The van der Waals surface area contributed by atoms with Crippen LogP contribution in [0, 0.1) is 6.92 Å². The molecule has 5 nitrogen and oxygen atoms in total. The van der Waals surface area contributed by atoms with Crippen LogP contribution in [-0.4, -0.2) is 21.0 Å². The number of hydrogen-bond donors (Lipinski definition) is 2. The fourth-order valence-corrected chi connectivity index (χ4v) is 1.60. The van der Waals surface area contributed by atoms with E-state index < -0.39 is 5.97 Å². The number of aryl methyl sites for hydroxylation is 1. The van der Waals surface area contributed by atoms with Crippen molar-refractivity contribution in [3.8, 4) is 0 Å². The number of carboxylic acid groups (broad SMARTS) is 1. The van der Waals surface area contributed by atoms with Gasteiger partial charge in [0.2, 0.25) is 5.95 Å². The molecule has 2 rings (SSSR count). The van der Waals surface area contributed by atoms with E-state index in [0.29, 0.717) is 22.4 Å². The van der Waals surface area contributed by atoms with Crippen LogP contribution in [0.3, 0.4) is 0 Å². The minimum atomic E-state index is -1.04. The summed E-state index contributed by atoms with van der Waals surface area (Å²) in [6.45, 7) is 1.61. The predicted octanol–water partition coefficient (Wildman–Crippen LogP) is 2.88. The maximum absolute atomic E-state index is 10.8. The van der Waals surface area contributed by atoms with Gasteiger partial charge in [0.05, 0.1) is 22.0 Å². The maximum Gasteiger partial charge on any atom is 0.339 e. The van der Waals surface area contributed by atoms with Crippen molar-refractivity contribution in [2.24, 2.45) is 0 Å². The van der Waals surface area contributed by atoms with Gasteiger partial charge in [-0.15, -0.1) is 0 Å². The number of rotatable bonds is 3. The monoisotopic (exact) mass is 263 g/mol. The number of carboxylic acids is 1. The number of hydrogen-bond acceptors (Lipinski definition) is 4. The first-order chi connectivity index (χ1) is 8.58. The summed E-state index contributed by atoms with van der Waals surface area (Å²) in [5.74, 6) is -0.734. The Morgan fingerprint density at radius 3 is 2.72 bits per heavy atom. The number of benzene rings is 1. The molecule has 0 atom stereocenters. The van der Waals surface area contributed by atoms with Crippen molar-refractivity contribution in [1.82, 2.24) is 9.97 Å². The molecule has 0 saturated carbocycles. The Kier molecular flexibility index (Phi) is 3.43. The zero-order valence-corrected chi connectivity index (χ0v) is 10.3. The molecule has 0 saturated heterocycles. The molecule has 0 aliphatic carbocycles. The van der Waals surface area contributed by atoms with E-state index in [2.05, 4.69) is 15.3 Å². The Morgan fingerprint density at radius 1 is 1.39 bits per heavy atom. The highest BCUT2D eigenvalue weighted by atomic mass is 35.5. The van der Waals surface area contributed by atoms with Crippen molar-refractivity contribution in [2.75, 3.05) is 5.32 Å². The highest BCUT2D eigenvalue weighted by Crippen LogP contribution is 2.23. The molecule has 92 valence electrons. The molecular weight excluding hydrogens is 254 g/mol. The Labute approximate surface area is 108 Å². The normalized spacial score (nSPS) is 10.1. The predicted molar refractivity (Wildman–Crippen MR) is 68.5 cm³/mol. The lowest BCUT2D eigenvalue weighted by atomic mass is 10.2. The average molecular weight is 264 g/mol. The van der Waals surface area contributed by atoms with E-state index in [1.165, 1.54) is 6.20 Å². The first-order valence-electron chi connectivity index (χ1n) is 5.16. The molecule has 6 heteroatoms. The van der Waals surface area contributed by atoms with Crippen LogP contribution in [0.25, 0.3) is 0 Å². The fourth-order valence-electron chi connectivity index (χ4n) is 1.42. The number of anilines is 2. The van der Waals surface area contributed by atoms with E-state index in [1.54, 1.807) is 19.1 Å². The van der Waals surface area contributed by atoms with Gasteiger partial charge in [0, 0.05) is 6.20 Å². The Morgan fingerprint density at radius 2 is 2.11 bits per heavy atom. The summed E-state index contributed by atoms with van der Waals surface area (Å²) in [7, 11) is 0. The lowest BCUT2D eigenvalue weighted by Gasteiger charge is -2.07. The molecule has 0 fully saturated rings. The zero-order valence-electron chi connectivity index (χ0n) is 9.51. The third-order valence-electron chi connectivity index (χ3n) is 2.33. The van der Waals surface area contributed by atoms with Gasteiger partial charge in [0.25, 0.3) is 0 Å². The van der Waals surface area contributed by atoms with Crippen molar-refractivity contribution >= 4 is 29.2 Å². The van der Waals surface area contributed by atoms with Gasteiger partial charge in [-0.25, -0.2) is 14.8 Å². The second-order valence-electron chi connectivity index (χ2n) is 3.60. The quantitative estimate of drug-likeness (QED) is 0.891. The smallest absolute Gasteiger partial charge is 0.339 e. The van der Waals surface area contributed by atoms with Crippen LogP contribution in [0.4, 0.5) is 11.6 Å². The van der Waals surface area contributed by atoms with E-state index in [9.17, 15) is 4.79 Å². The zero-order chi connectivity index (χ0) is 13.1. The molecular formula is C12H10ClN3O2. The first kappa shape index (κ1) is 12.3. The first-order valence-corrected chi connectivity index (χ1v) is 5.54. The van der Waals surface area contributed by atoms with Gasteiger partial charge in [-0.1, -0.05) is 23.7 Å².